The molecule has 1 aromatic carbocycles. The number of amides is 1. The lowest BCUT2D eigenvalue weighted by atomic mass is 10.1. The summed E-state index contributed by atoms with van der Waals surface area (Å²) in [7, 11) is 0. The lowest BCUT2D eigenvalue weighted by Gasteiger charge is -2.08. The van der Waals surface area contributed by atoms with E-state index < -0.39 is 0 Å². The maximum absolute atomic E-state index is 12.0. The number of rotatable bonds is 6. The first-order valence-electron chi connectivity index (χ1n) is 7.71. The first kappa shape index (κ1) is 15.9. The highest BCUT2D eigenvalue weighted by Crippen LogP contribution is 2.21. The van der Waals surface area contributed by atoms with Gasteiger partial charge in [0, 0.05) is 0 Å². The van der Waals surface area contributed by atoms with E-state index >= 15 is 0 Å². The first-order chi connectivity index (χ1) is 11.6. The number of aryl methyl sites for hydroxylation is 2. The van der Waals surface area contributed by atoms with Crippen LogP contribution in [0, 0.1) is 13.8 Å². The maximum atomic E-state index is 12.0. The van der Waals surface area contributed by atoms with E-state index in [1.165, 1.54) is 0 Å². The summed E-state index contributed by atoms with van der Waals surface area (Å²) >= 11 is 0. The average Bonchev–Trinajstić information content (AvgIpc) is 3.25. The molecular formula is C19H19NO4. The summed E-state index contributed by atoms with van der Waals surface area (Å²) in [6, 6.07) is 13.0. The zero-order valence-electron chi connectivity index (χ0n) is 13.7. The van der Waals surface area contributed by atoms with E-state index in [1.807, 2.05) is 32.0 Å². The zero-order chi connectivity index (χ0) is 16.9. The van der Waals surface area contributed by atoms with Gasteiger partial charge in [-0.25, -0.2) is 0 Å². The Kier molecular flexibility index (Phi) is 4.70. The van der Waals surface area contributed by atoms with Crippen LogP contribution in [0.2, 0.25) is 0 Å². The van der Waals surface area contributed by atoms with E-state index in [2.05, 4.69) is 5.32 Å². The van der Waals surface area contributed by atoms with Crippen LogP contribution in [-0.2, 0) is 13.2 Å². The van der Waals surface area contributed by atoms with Gasteiger partial charge in [0.2, 0.25) is 0 Å². The molecule has 1 N–H and O–H groups in total. The van der Waals surface area contributed by atoms with Crippen molar-refractivity contribution < 1.29 is 18.4 Å². The molecule has 0 saturated carbocycles. The van der Waals surface area contributed by atoms with Gasteiger partial charge in [-0.2, -0.15) is 0 Å². The summed E-state index contributed by atoms with van der Waals surface area (Å²) in [5.74, 6) is 2.06. The SMILES string of the molecule is Cc1ccc(C)c(OCc2ccc(C(=O)NCc3ccco3)o2)c1. The summed E-state index contributed by atoms with van der Waals surface area (Å²) < 4.78 is 16.5. The normalized spacial score (nSPS) is 10.6. The van der Waals surface area contributed by atoms with Gasteiger partial charge in [0.25, 0.3) is 5.91 Å². The van der Waals surface area contributed by atoms with Gasteiger partial charge in [-0.15, -0.1) is 0 Å². The monoisotopic (exact) mass is 325 g/mol. The summed E-state index contributed by atoms with van der Waals surface area (Å²) in [5, 5.41) is 2.74. The van der Waals surface area contributed by atoms with Gasteiger partial charge in [-0.05, 0) is 55.3 Å². The predicted molar refractivity (Wildman–Crippen MR) is 88.8 cm³/mol. The van der Waals surface area contributed by atoms with E-state index in [-0.39, 0.29) is 18.3 Å². The number of carbonyl (C=O) groups excluding carboxylic acids is 1. The molecule has 3 rings (SSSR count). The van der Waals surface area contributed by atoms with Crippen LogP contribution in [0.4, 0.5) is 0 Å². The number of hydrogen-bond acceptors (Lipinski definition) is 4. The molecule has 0 radical (unpaired) electrons. The minimum atomic E-state index is -0.288. The lowest BCUT2D eigenvalue weighted by molar-refractivity contribution is 0.0916. The smallest absolute Gasteiger partial charge is 0.287 e. The fourth-order valence-electron chi connectivity index (χ4n) is 2.26. The molecule has 0 atom stereocenters. The number of ether oxygens (including phenoxy) is 1. The minimum Gasteiger partial charge on any atom is -0.485 e. The standard InChI is InChI=1S/C19H19NO4/c1-13-5-6-14(2)18(10-13)23-12-16-7-8-17(24-16)19(21)20-11-15-4-3-9-22-15/h3-10H,11-12H2,1-2H3,(H,20,21). The first-order valence-corrected chi connectivity index (χ1v) is 7.71. The van der Waals surface area contributed by atoms with Crippen LogP contribution in [-0.4, -0.2) is 5.91 Å². The van der Waals surface area contributed by atoms with Crippen LogP contribution in [0.3, 0.4) is 0 Å². The number of carbonyl (C=O) groups is 1. The van der Waals surface area contributed by atoms with Crippen LogP contribution >= 0.6 is 0 Å². The molecule has 124 valence electrons. The van der Waals surface area contributed by atoms with Crippen molar-refractivity contribution in [2.24, 2.45) is 0 Å². The zero-order valence-corrected chi connectivity index (χ0v) is 13.7. The summed E-state index contributed by atoms with van der Waals surface area (Å²) in [4.78, 5) is 12.0. The molecule has 0 unspecified atom stereocenters. The quantitative estimate of drug-likeness (QED) is 0.744. The summed E-state index contributed by atoms with van der Waals surface area (Å²) in [6.07, 6.45) is 1.57. The van der Waals surface area contributed by atoms with Crippen molar-refractivity contribution in [3.8, 4) is 5.75 Å². The van der Waals surface area contributed by atoms with E-state index in [0.717, 1.165) is 16.9 Å². The van der Waals surface area contributed by atoms with Crippen LogP contribution in [0.5, 0.6) is 5.75 Å². The van der Waals surface area contributed by atoms with Crippen molar-refractivity contribution in [1.82, 2.24) is 5.32 Å². The molecule has 0 fully saturated rings. The number of furan rings is 2. The second kappa shape index (κ2) is 7.08. The molecule has 0 spiro atoms. The molecule has 24 heavy (non-hydrogen) atoms. The Bertz CT molecular complexity index is 818. The maximum Gasteiger partial charge on any atom is 0.287 e. The molecule has 5 heteroatoms. The van der Waals surface area contributed by atoms with Crippen molar-refractivity contribution >= 4 is 5.91 Å². The average molecular weight is 325 g/mol. The molecule has 0 aliphatic heterocycles. The minimum absolute atomic E-state index is 0.251. The molecule has 0 bridgehead atoms. The molecule has 0 aliphatic carbocycles. The number of hydrogen-bond donors (Lipinski definition) is 1. The Morgan fingerprint density at radius 2 is 2.00 bits per heavy atom. The predicted octanol–water partition coefficient (Wildman–Crippen LogP) is 4.00. The van der Waals surface area contributed by atoms with Crippen LogP contribution in [0.15, 0.2) is 57.6 Å². The number of nitrogens with one attached hydrogen (secondary N) is 1. The van der Waals surface area contributed by atoms with Gasteiger partial charge in [-0.1, -0.05) is 12.1 Å². The van der Waals surface area contributed by atoms with Gasteiger partial charge in [0.1, 0.15) is 23.9 Å². The third kappa shape index (κ3) is 3.87. The topological polar surface area (TPSA) is 64.6 Å². The second-order valence-electron chi connectivity index (χ2n) is 5.59. The highest BCUT2D eigenvalue weighted by molar-refractivity contribution is 5.91. The molecule has 1 amide bonds. The van der Waals surface area contributed by atoms with Gasteiger partial charge in [0.15, 0.2) is 5.76 Å². The molecule has 3 aromatic rings. The Labute approximate surface area is 140 Å². The molecule has 2 aromatic heterocycles. The largest absolute Gasteiger partial charge is 0.485 e. The Hall–Kier alpha value is -2.95. The Balaban J connectivity index is 1.57. The van der Waals surface area contributed by atoms with Gasteiger partial charge in [0.05, 0.1) is 12.8 Å². The van der Waals surface area contributed by atoms with Crippen LogP contribution in [0.1, 0.15) is 33.2 Å². The van der Waals surface area contributed by atoms with E-state index in [9.17, 15) is 4.79 Å². The molecule has 2 heterocycles. The van der Waals surface area contributed by atoms with Gasteiger partial charge < -0.3 is 18.9 Å². The van der Waals surface area contributed by atoms with Crippen molar-refractivity contribution in [3.05, 3.63) is 77.1 Å². The Morgan fingerprint density at radius 3 is 2.79 bits per heavy atom. The molecule has 0 aliphatic rings. The number of benzene rings is 1. The van der Waals surface area contributed by atoms with Crippen molar-refractivity contribution in [2.75, 3.05) is 0 Å². The van der Waals surface area contributed by atoms with E-state index in [1.54, 1.807) is 30.5 Å². The third-order valence-corrected chi connectivity index (χ3v) is 3.60. The van der Waals surface area contributed by atoms with E-state index in [4.69, 9.17) is 13.6 Å². The van der Waals surface area contributed by atoms with Crippen LogP contribution in [0.25, 0.3) is 0 Å². The van der Waals surface area contributed by atoms with Gasteiger partial charge in [-0.3, -0.25) is 4.79 Å². The Morgan fingerprint density at radius 1 is 1.12 bits per heavy atom. The fraction of sp³-hybridized carbons (Fsp3) is 0.211. The summed E-state index contributed by atoms with van der Waals surface area (Å²) in [5.41, 5.74) is 2.19. The van der Waals surface area contributed by atoms with Crippen molar-refractivity contribution in [1.29, 1.82) is 0 Å². The third-order valence-electron chi connectivity index (χ3n) is 3.60. The second-order valence-corrected chi connectivity index (χ2v) is 5.59. The van der Waals surface area contributed by atoms with Crippen molar-refractivity contribution in [3.63, 3.8) is 0 Å². The summed E-state index contributed by atoms with van der Waals surface area (Å²) in [6.45, 7) is 4.60. The van der Waals surface area contributed by atoms with E-state index in [0.29, 0.717) is 18.1 Å². The highest BCUT2D eigenvalue weighted by atomic mass is 16.5. The fourth-order valence-corrected chi connectivity index (χ4v) is 2.26. The highest BCUT2D eigenvalue weighted by Gasteiger charge is 2.12. The van der Waals surface area contributed by atoms with Crippen molar-refractivity contribution in [2.45, 2.75) is 27.0 Å². The molecular weight excluding hydrogens is 306 g/mol. The molecule has 5 nitrogen and oxygen atoms in total. The molecule has 0 saturated heterocycles. The van der Waals surface area contributed by atoms with Gasteiger partial charge >= 0.3 is 0 Å². The van der Waals surface area contributed by atoms with Crippen LogP contribution < -0.4 is 10.1 Å². The lowest BCUT2D eigenvalue weighted by Crippen LogP contribution is -2.21.